The van der Waals surface area contributed by atoms with Crippen LogP contribution in [0, 0.1) is 0 Å². The van der Waals surface area contributed by atoms with Crippen molar-refractivity contribution in [2.45, 2.75) is 11.3 Å². The van der Waals surface area contributed by atoms with Gasteiger partial charge in [0.2, 0.25) is 15.9 Å². The Morgan fingerprint density at radius 2 is 1.74 bits per heavy atom. The van der Waals surface area contributed by atoms with E-state index in [1.807, 2.05) is 30.3 Å². The molecular weight excluding hydrogens is 418 g/mol. The van der Waals surface area contributed by atoms with Gasteiger partial charge in [-0.05, 0) is 36.4 Å². The molecule has 2 aromatic heterocycles. The Hall–Kier alpha value is -3.69. The van der Waals surface area contributed by atoms with Crippen LogP contribution in [-0.2, 0) is 21.2 Å². The molecule has 0 aliphatic rings. The Balaban J connectivity index is 1.77. The average Bonchev–Trinajstić information content (AvgIpc) is 3.41. The van der Waals surface area contributed by atoms with Crippen LogP contribution in [0.4, 0.5) is 4.79 Å². The number of ether oxygens (including phenoxy) is 1. The molecule has 2 heterocycles. The summed E-state index contributed by atoms with van der Waals surface area (Å²) < 4.78 is 35.4. The highest BCUT2D eigenvalue weighted by Gasteiger charge is 2.20. The predicted octanol–water partition coefficient (Wildman–Crippen LogP) is 3.66. The van der Waals surface area contributed by atoms with Crippen molar-refractivity contribution in [3.8, 4) is 22.6 Å². The number of aromatic nitrogens is 2. The van der Waals surface area contributed by atoms with E-state index >= 15 is 0 Å². The summed E-state index contributed by atoms with van der Waals surface area (Å²) in [5.41, 5.74) is 2.75. The number of sulfonamides is 1. The standard InChI is InChI=1S/C22H19N3O5S/c1-29-22(26)25-13-5-8-17(25)14-19-24-20(15-6-3-2-4-7-15)21(30-19)16-9-11-18(12-10-16)31(23,27)28/h2-13H,14H2,1H3,(H2,23,27,28). The number of hydrogen-bond donors (Lipinski definition) is 1. The van der Waals surface area contributed by atoms with E-state index in [0.717, 1.165) is 5.56 Å². The minimum Gasteiger partial charge on any atom is -0.452 e. The molecule has 0 atom stereocenters. The van der Waals surface area contributed by atoms with E-state index in [1.54, 1.807) is 30.5 Å². The van der Waals surface area contributed by atoms with Crippen molar-refractivity contribution in [1.82, 2.24) is 9.55 Å². The molecule has 8 nitrogen and oxygen atoms in total. The van der Waals surface area contributed by atoms with Crippen molar-refractivity contribution in [1.29, 1.82) is 0 Å². The maximum atomic E-state index is 11.9. The van der Waals surface area contributed by atoms with Gasteiger partial charge in [0.05, 0.1) is 18.4 Å². The predicted molar refractivity (Wildman–Crippen MR) is 114 cm³/mol. The first-order valence-corrected chi connectivity index (χ1v) is 10.8. The lowest BCUT2D eigenvalue weighted by Gasteiger charge is -2.04. The van der Waals surface area contributed by atoms with Gasteiger partial charge < -0.3 is 9.15 Å². The Morgan fingerprint density at radius 1 is 1.03 bits per heavy atom. The van der Waals surface area contributed by atoms with Gasteiger partial charge in [-0.3, -0.25) is 4.57 Å². The van der Waals surface area contributed by atoms with Crippen LogP contribution in [0.1, 0.15) is 11.6 Å². The number of rotatable bonds is 5. The van der Waals surface area contributed by atoms with Gasteiger partial charge in [-0.1, -0.05) is 30.3 Å². The van der Waals surface area contributed by atoms with Gasteiger partial charge in [0.25, 0.3) is 0 Å². The Morgan fingerprint density at radius 3 is 2.39 bits per heavy atom. The lowest BCUT2D eigenvalue weighted by Crippen LogP contribution is -2.13. The van der Waals surface area contributed by atoms with E-state index in [2.05, 4.69) is 4.98 Å². The molecule has 158 valence electrons. The molecule has 0 bridgehead atoms. The first-order chi connectivity index (χ1) is 14.9. The molecule has 0 unspecified atom stereocenters. The second-order valence-electron chi connectivity index (χ2n) is 6.74. The number of primary sulfonamides is 1. The molecule has 0 saturated heterocycles. The van der Waals surface area contributed by atoms with E-state index in [0.29, 0.717) is 28.6 Å². The van der Waals surface area contributed by atoms with Crippen LogP contribution in [-0.4, -0.2) is 31.2 Å². The molecule has 0 aliphatic carbocycles. The summed E-state index contributed by atoms with van der Waals surface area (Å²) >= 11 is 0. The van der Waals surface area contributed by atoms with Crippen molar-refractivity contribution in [3.63, 3.8) is 0 Å². The highest BCUT2D eigenvalue weighted by Crippen LogP contribution is 2.33. The molecule has 4 rings (SSSR count). The van der Waals surface area contributed by atoms with E-state index in [1.165, 1.54) is 23.8 Å². The molecule has 9 heteroatoms. The summed E-state index contributed by atoms with van der Waals surface area (Å²) in [5.74, 6) is 0.881. The van der Waals surface area contributed by atoms with Gasteiger partial charge in [-0.15, -0.1) is 0 Å². The highest BCUT2D eigenvalue weighted by atomic mass is 32.2. The van der Waals surface area contributed by atoms with Gasteiger partial charge in [0.15, 0.2) is 5.76 Å². The lowest BCUT2D eigenvalue weighted by atomic mass is 10.1. The molecule has 0 radical (unpaired) electrons. The largest absolute Gasteiger partial charge is 0.452 e. The number of benzene rings is 2. The van der Waals surface area contributed by atoms with Gasteiger partial charge >= 0.3 is 6.09 Å². The zero-order chi connectivity index (χ0) is 22.0. The fraction of sp³-hybridized carbons (Fsp3) is 0.0909. The number of carbonyl (C=O) groups excluding carboxylic acids is 1. The lowest BCUT2D eigenvalue weighted by molar-refractivity contribution is 0.172. The quantitative estimate of drug-likeness (QED) is 0.509. The number of methoxy groups -OCH3 is 1. The normalized spacial score (nSPS) is 11.4. The van der Waals surface area contributed by atoms with E-state index in [-0.39, 0.29) is 11.3 Å². The minimum atomic E-state index is -3.80. The third-order valence-corrected chi connectivity index (χ3v) is 5.63. The SMILES string of the molecule is COC(=O)n1cccc1Cc1nc(-c2ccccc2)c(-c2ccc(S(N)(=O)=O)cc2)o1. The van der Waals surface area contributed by atoms with Crippen LogP contribution < -0.4 is 5.14 Å². The first kappa shape index (κ1) is 20.6. The van der Waals surface area contributed by atoms with E-state index in [4.69, 9.17) is 14.3 Å². The maximum Gasteiger partial charge on any atom is 0.417 e. The Kier molecular flexibility index (Phi) is 5.45. The summed E-state index contributed by atoms with van der Waals surface area (Å²) in [4.78, 5) is 16.6. The van der Waals surface area contributed by atoms with Gasteiger partial charge in [0.1, 0.15) is 5.69 Å². The molecule has 0 aliphatic heterocycles. The summed E-state index contributed by atoms with van der Waals surface area (Å²) in [6, 6.07) is 19.1. The van der Waals surface area contributed by atoms with Crippen LogP contribution in [0.2, 0.25) is 0 Å². The molecular formula is C22H19N3O5S. The van der Waals surface area contributed by atoms with Gasteiger partial charge in [-0.25, -0.2) is 23.3 Å². The summed E-state index contributed by atoms with van der Waals surface area (Å²) in [7, 11) is -2.49. The smallest absolute Gasteiger partial charge is 0.417 e. The van der Waals surface area contributed by atoms with Crippen molar-refractivity contribution in [2.24, 2.45) is 5.14 Å². The summed E-state index contributed by atoms with van der Waals surface area (Å²) in [5, 5.41) is 5.19. The zero-order valence-electron chi connectivity index (χ0n) is 16.6. The third-order valence-electron chi connectivity index (χ3n) is 4.70. The minimum absolute atomic E-state index is 0.00755. The van der Waals surface area contributed by atoms with Gasteiger partial charge in [0, 0.05) is 23.0 Å². The molecule has 2 aromatic carbocycles. The number of nitrogens with zero attached hydrogens (tertiary/aromatic N) is 2. The van der Waals surface area contributed by atoms with Crippen molar-refractivity contribution in [3.05, 3.63) is 84.5 Å². The van der Waals surface area contributed by atoms with Crippen LogP contribution in [0.25, 0.3) is 22.6 Å². The summed E-state index contributed by atoms with van der Waals surface area (Å²) in [6.07, 6.45) is 1.36. The first-order valence-electron chi connectivity index (χ1n) is 9.30. The van der Waals surface area contributed by atoms with Gasteiger partial charge in [-0.2, -0.15) is 0 Å². The molecule has 31 heavy (non-hydrogen) atoms. The maximum absolute atomic E-state index is 11.9. The summed E-state index contributed by atoms with van der Waals surface area (Å²) in [6.45, 7) is 0. The third kappa shape index (κ3) is 4.27. The van der Waals surface area contributed by atoms with Crippen LogP contribution >= 0.6 is 0 Å². The fourth-order valence-electron chi connectivity index (χ4n) is 3.22. The fourth-order valence-corrected chi connectivity index (χ4v) is 3.73. The van der Waals surface area contributed by atoms with Crippen LogP contribution in [0.3, 0.4) is 0 Å². The molecule has 0 spiro atoms. The molecule has 4 aromatic rings. The van der Waals surface area contributed by atoms with E-state index in [9.17, 15) is 13.2 Å². The zero-order valence-corrected chi connectivity index (χ0v) is 17.4. The second-order valence-corrected chi connectivity index (χ2v) is 8.30. The number of carbonyl (C=O) groups is 1. The van der Waals surface area contributed by atoms with E-state index < -0.39 is 16.1 Å². The number of oxazole rings is 1. The van der Waals surface area contributed by atoms with Crippen molar-refractivity contribution >= 4 is 16.1 Å². The molecule has 2 N–H and O–H groups in total. The molecule has 0 saturated carbocycles. The highest BCUT2D eigenvalue weighted by molar-refractivity contribution is 7.89. The average molecular weight is 437 g/mol. The topological polar surface area (TPSA) is 117 Å². The second kappa shape index (κ2) is 8.21. The number of nitrogens with two attached hydrogens (primary N) is 1. The van der Waals surface area contributed by atoms with Crippen molar-refractivity contribution < 1.29 is 22.4 Å². The molecule has 0 amide bonds. The Bertz CT molecular complexity index is 1320. The van der Waals surface area contributed by atoms with Crippen molar-refractivity contribution in [2.75, 3.05) is 7.11 Å². The Labute approximate surface area is 179 Å². The van der Waals surface area contributed by atoms with Crippen LogP contribution in [0.15, 0.2) is 82.2 Å². The molecule has 0 fully saturated rings. The monoisotopic (exact) mass is 437 g/mol. The number of hydrogen-bond acceptors (Lipinski definition) is 6. The van der Waals surface area contributed by atoms with Crippen LogP contribution in [0.5, 0.6) is 0 Å².